The van der Waals surface area contributed by atoms with E-state index in [1.807, 2.05) is 0 Å². The Balaban J connectivity index is 1.58. The van der Waals surface area contributed by atoms with Gasteiger partial charge in [-0.05, 0) is 43.4 Å². The number of nitrogens with one attached hydrogen (secondary N) is 1. The van der Waals surface area contributed by atoms with Crippen LogP contribution in [0.25, 0.3) is 0 Å². The van der Waals surface area contributed by atoms with Crippen molar-refractivity contribution in [3.8, 4) is 5.75 Å². The molecule has 3 rings (SSSR count). The second-order valence-electron chi connectivity index (χ2n) is 7.98. The Hall–Kier alpha value is -2.13. The first kappa shape index (κ1) is 22.6. The van der Waals surface area contributed by atoms with Crippen molar-refractivity contribution in [3.05, 3.63) is 29.8 Å². The molecule has 0 aromatic heterocycles. The molecule has 1 aliphatic heterocycles. The number of carbonyl (C=O) groups is 1. The minimum atomic E-state index is -4.50. The first-order valence-corrected chi connectivity index (χ1v) is 9.89. The van der Waals surface area contributed by atoms with E-state index in [1.165, 1.54) is 17.0 Å². The Morgan fingerprint density at radius 2 is 2.03 bits per heavy atom. The summed E-state index contributed by atoms with van der Waals surface area (Å²) in [5.41, 5.74) is -2.68. The lowest BCUT2D eigenvalue weighted by molar-refractivity contribution is -0.226. The van der Waals surface area contributed by atoms with Gasteiger partial charge in [0, 0.05) is 13.1 Å². The quantitative estimate of drug-likeness (QED) is 0.639. The van der Waals surface area contributed by atoms with Crippen LogP contribution in [0.2, 0.25) is 0 Å². The van der Waals surface area contributed by atoms with E-state index in [-0.39, 0.29) is 31.8 Å². The van der Waals surface area contributed by atoms with Crippen LogP contribution in [-0.2, 0) is 6.18 Å². The van der Waals surface area contributed by atoms with Gasteiger partial charge >= 0.3 is 18.4 Å². The number of fused-ring (bicyclic) bond motifs is 1. The number of urea groups is 1. The van der Waals surface area contributed by atoms with E-state index >= 15 is 0 Å². The highest BCUT2D eigenvalue weighted by Crippen LogP contribution is 2.57. The number of ether oxygens (including phenoxy) is 1. The van der Waals surface area contributed by atoms with Crippen molar-refractivity contribution < 1.29 is 35.9 Å². The Labute approximate surface area is 170 Å². The van der Waals surface area contributed by atoms with Gasteiger partial charge in [-0.2, -0.15) is 26.3 Å². The molecule has 2 aliphatic rings. The lowest BCUT2D eigenvalue weighted by Gasteiger charge is -2.31. The van der Waals surface area contributed by atoms with Crippen LogP contribution in [0, 0.1) is 11.3 Å². The minimum absolute atomic E-state index is 0.0117. The van der Waals surface area contributed by atoms with E-state index < -0.39 is 41.4 Å². The summed E-state index contributed by atoms with van der Waals surface area (Å²) in [5, 5.41) is 2.57. The van der Waals surface area contributed by atoms with Gasteiger partial charge in [-0.25, -0.2) is 4.79 Å². The van der Waals surface area contributed by atoms with Gasteiger partial charge in [-0.15, -0.1) is 0 Å². The van der Waals surface area contributed by atoms with E-state index in [4.69, 9.17) is 4.74 Å². The fraction of sp³-hybridized carbons (Fsp3) is 0.650. The number of carbonyl (C=O) groups excluding carboxylic acids is 1. The highest BCUT2D eigenvalue weighted by atomic mass is 19.4. The van der Waals surface area contributed by atoms with Gasteiger partial charge in [0.25, 0.3) is 0 Å². The number of alkyl halides is 6. The van der Waals surface area contributed by atoms with Crippen LogP contribution in [0.5, 0.6) is 5.75 Å². The molecule has 1 aromatic carbocycles. The molecule has 1 aliphatic carbocycles. The Bertz CT molecular complexity index is 766. The van der Waals surface area contributed by atoms with Crippen molar-refractivity contribution >= 4 is 6.03 Å². The molecule has 0 spiro atoms. The number of rotatable bonds is 5. The van der Waals surface area contributed by atoms with Gasteiger partial charge in [0.05, 0.1) is 17.5 Å². The third-order valence-electron chi connectivity index (χ3n) is 6.12. The van der Waals surface area contributed by atoms with Crippen LogP contribution in [0.4, 0.5) is 31.1 Å². The molecule has 3 atom stereocenters. The van der Waals surface area contributed by atoms with Crippen molar-refractivity contribution in [3.63, 3.8) is 0 Å². The van der Waals surface area contributed by atoms with Crippen LogP contribution >= 0.6 is 0 Å². The molecule has 2 amide bonds. The van der Waals surface area contributed by atoms with Gasteiger partial charge in [0.1, 0.15) is 11.9 Å². The van der Waals surface area contributed by atoms with Gasteiger partial charge in [-0.1, -0.05) is 19.4 Å². The van der Waals surface area contributed by atoms with Gasteiger partial charge < -0.3 is 15.0 Å². The Morgan fingerprint density at radius 3 is 2.63 bits per heavy atom. The maximum Gasteiger partial charge on any atom is 0.416 e. The Kier molecular flexibility index (Phi) is 6.15. The topological polar surface area (TPSA) is 41.6 Å². The number of amides is 2. The van der Waals surface area contributed by atoms with E-state index in [0.29, 0.717) is 19.3 Å². The molecule has 2 fully saturated rings. The first-order valence-electron chi connectivity index (χ1n) is 9.89. The van der Waals surface area contributed by atoms with Crippen LogP contribution in [0.3, 0.4) is 0 Å². The molecular weight excluding hydrogens is 414 g/mol. The summed E-state index contributed by atoms with van der Waals surface area (Å²) in [4.78, 5) is 13.6. The molecule has 0 bridgehead atoms. The molecule has 10 heteroatoms. The lowest BCUT2D eigenvalue weighted by atomic mass is 9.80. The minimum Gasteiger partial charge on any atom is -0.489 e. The zero-order valence-electron chi connectivity index (χ0n) is 16.4. The molecule has 1 heterocycles. The van der Waals surface area contributed by atoms with Crippen molar-refractivity contribution in [2.45, 2.75) is 51.1 Å². The van der Waals surface area contributed by atoms with Crippen LogP contribution in [-0.4, -0.2) is 42.8 Å². The van der Waals surface area contributed by atoms with Crippen molar-refractivity contribution in [1.29, 1.82) is 0 Å². The second kappa shape index (κ2) is 8.19. The number of halogens is 6. The standard InChI is InChI=1S/C20H24F6N2O2/c1-2-15(30-16-7-3-5-13(9-16)19(21,22)23)10-27-17(29)28-11-14-6-4-8-18(14,12-28)20(24,25)26/h3,5,7,9,14-15H,2,4,6,8,10-12H2,1H3,(H,27,29)/t14-,15?,18-/m0/s1. The average Bonchev–Trinajstić information content (AvgIpc) is 3.23. The molecule has 30 heavy (non-hydrogen) atoms. The monoisotopic (exact) mass is 438 g/mol. The van der Waals surface area contributed by atoms with E-state index in [2.05, 4.69) is 5.32 Å². The predicted octanol–water partition coefficient (Wildman–Crippen LogP) is 5.24. The molecule has 168 valence electrons. The third-order valence-corrected chi connectivity index (χ3v) is 6.12. The molecule has 1 unspecified atom stereocenters. The van der Waals surface area contributed by atoms with Gasteiger partial charge in [0.2, 0.25) is 0 Å². The molecule has 1 aromatic rings. The summed E-state index contributed by atoms with van der Waals surface area (Å²) in [7, 11) is 0. The summed E-state index contributed by atoms with van der Waals surface area (Å²) in [6.45, 7) is 1.41. The fourth-order valence-corrected chi connectivity index (χ4v) is 4.43. The molecular formula is C20H24F6N2O2. The zero-order valence-corrected chi connectivity index (χ0v) is 16.4. The van der Waals surface area contributed by atoms with Crippen LogP contribution in [0.15, 0.2) is 24.3 Å². The number of hydrogen-bond acceptors (Lipinski definition) is 2. The van der Waals surface area contributed by atoms with Crippen molar-refractivity contribution in [2.75, 3.05) is 19.6 Å². The molecule has 4 nitrogen and oxygen atoms in total. The first-order chi connectivity index (χ1) is 14.0. The average molecular weight is 438 g/mol. The third kappa shape index (κ3) is 4.46. The van der Waals surface area contributed by atoms with Crippen LogP contribution in [0.1, 0.15) is 38.2 Å². The maximum absolute atomic E-state index is 13.6. The summed E-state index contributed by atoms with van der Waals surface area (Å²) >= 11 is 0. The van der Waals surface area contributed by atoms with E-state index in [1.54, 1.807) is 6.92 Å². The van der Waals surface area contributed by atoms with Gasteiger partial charge in [0.15, 0.2) is 0 Å². The summed E-state index contributed by atoms with van der Waals surface area (Å²) in [6, 6.07) is 3.80. The number of nitrogens with zero attached hydrogens (tertiary/aromatic N) is 1. The molecule has 1 N–H and O–H groups in total. The SMILES string of the molecule is CCC(CNC(=O)N1C[C@@H]2CCC[C@]2(C(F)(F)F)C1)Oc1cccc(C(F)(F)F)c1. The van der Waals surface area contributed by atoms with Crippen molar-refractivity contribution in [2.24, 2.45) is 11.3 Å². The molecule has 1 saturated heterocycles. The smallest absolute Gasteiger partial charge is 0.416 e. The van der Waals surface area contributed by atoms with Crippen molar-refractivity contribution in [1.82, 2.24) is 10.2 Å². The lowest BCUT2D eigenvalue weighted by Crippen LogP contribution is -2.46. The second-order valence-corrected chi connectivity index (χ2v) is 7.98. The highest BCUT2D eigenvalue weighted by Gasteiger charge is 2.65. The number of benzene rings is 1. The molecule has 0 radical (unpaired) electrons. The molecule has 1 saturated carbocycles. The fourth-order valence-electron chi connectivity index (χ4n) is 4.43. The maximum atomic E-state index is 13.6. The van der Waals surface area contributed by atoms with Crippen LogP contribution < -0.4 is 10.1 Å². The highest BCUT2D eigenvalue weighted by molar-refractivity contribution is 5.74. The van der Waals surface area contributed by atoms with Gasteiger partial charge in [-0.3, -0.25) is 0 Å². The predicted molar refractivity (Wildman–Crippen MR) is 97.0 cm³/mol. The number of hydrogen-bond donors (Lipinski definition) is 1. The summed E-state index contributed by atoms with van der Waals surface area (Å²) in [6.07, 6.45) is -8.11. The van der Waals surface area contributed by atoms with E-state index in [0.717, 1.165) is 12.1 Å². The largest absolute Gasteiger partial charge is 0.489 e. The van der Waals surface area contributed by atoms with E-state index in [9.17, 15) is 31.1 Å². The summed E-state index contributed by atoms with van der Waals surface area (Å²) in [5.74, 6) is -0.579. The Morgan fingerprint density at radius 1 is 1.30 bits per heavy atom. The zero-order chi connectivity index (χ0) is 22.2. The summed E-state index contributed by atoms with van der Waals surface area (Å²) < 4.78 is 84.9. The normalized spacial score (nSPS) is 25.2. The number of likely N-dealkylation sites (tertiary alicyclic amines) is 1.